The summed E-state index contributed by atoms with van der Waals surface area (Å²) in [6.45, 7) is 1.38. The molecule has 6 nitrogen and oxygen atoms in total. The molecule has 0 saturated carbocycles. The fraction of sp³-hybridized carbons (Fsp3) is 0.133. The lowest BCUT2D eigenvalue weighted by atomic mass is 10.2. The normalized spacial score (nSPS) is 11.6. The van der Waals surface area contributed by atoms with Gasteiger partial charge in [-0.15, -0.1) is 0 Å². The maximum atomic E-state index is 13.1. The van der Waals surface area contributed by atoms with Gasteiger partial charge < -0.3 is 10.1 Å². The number of rotatable bonds is 5. The van der Waals surface area contributed by atoms with Gasteiger partial charge in [0.05, 0.1) is 4.92 Å². The number of carbonyl (C=O) groups is 1. The quantitative estimate of drug-likeness (QED) is 0.676. The molecule has 1 N–H and O–H groups in total. The molecule has 120 valence electrons. The number of carbonyl (C=O) groups excluding carboxylic acids is 1. The van der Waals surface area contributed by atoms with Crippen molar-refractivity contribution in [2.24, 2.45) is 0 Å². The van der Waals surface area contributed by atoms with Gasteiger partial charge in [-0.05, 0) is 25.1 Å². The number of nitro groups is 1. The molecule has 0 heterocycles. The number of hydrogen-bond acceptors (Lipinski definition) is 4. The Labute approximate surface area is 129 Å². The van der Waals surface area contributed by atoms with Crippen molar-refractivity contribution >= 4 is 17.3 Å². The average Bonchev–Trinajstić information content (AvgIpc) is 2.51. The average molecular weight is 322 g/mol. The third kappa shape index (κ3) is 4.00. The fourth-order valence-corrected chi connectivity index (χ4v) is 1.78. The Kier molecular flexibility index (Phi) is 4.85. The third-order valence-corrected chi connectivity index (χ3v) is 2.93. The molecule has 8 heteroatoms. The maximum Gasteiger partial charge on any atom is 0.292 e. The van der Waals surface area contributed by atoms with Crippen LogP contribution in [0.15, 0.2) is 42.5 Å². The number of nitro benzene ring substituents is 1. The van der Waals surface area contributed by atoms with Crippen LogP contribution >= 0.6 is 0 Å². The topological polar surface area (TPSA) is 81.5 Å². The van der Waals surface area contributed by atoms with E-state index >= 15 is 0 Å². The molecule has 0 aliphatic rings. The standard InChI is InChI=1S/C15H12F2N2O4/c1-9(23-10-6-7-11(16)12(17)8-10)15(20)18-13-4-2-3-5-14(13)19(21)22/h2-9H,1H3,(H,18,20)/t9-/m0/s1. The summed E-state index contributed by atoms with van der Waals surface area (Å²) in [5, 5.41) is 13.2. The van der Waals surface area contributed by atoms with Gasteiger partial charge in [-0.1, -0.05) is 12.1 Å². The van der Waals surface area contributed by atoms with Crippen molar-refractivity contribution in [2.45, 2.75) is 13.0 Å². The van der Waals surface area contributed by atoms with Crippen molar-refractivity contribution in [3.05, 3.63) is 64.2 Å². The minimum atomic E-state index is -1.10. The highest BCUT2D eigenvalue weighted by Gasteiger charge is 2.20. The van der Waals surface area contributed by atoms with Crippen LogP contribution in [-0.2, 0) is 4.79 Å². The Bertz CT molecular complexity index is 752. The van der Waals surface area contributed by atoms with Crippen LogP contribution in [0.2, 0.25) is 0 Å². The molecule has 0 aliphatic heterocycles. The van der Waals surface area contributed by atoms with Crippen molar-refractivity contribution in [1.29, 1.82) is 0 Å². The van der Waals surface area contributed by atoms with Crippen molar-refractivity contribution < 1.29 is 23.2 Å². The number of ether oxygens (including phenoxy) is 1. The van der Waals surface area contributed by atoms with Crippen molar-refractivity contribution in [1.82, 2.24) is 0 Å². The summed E-state index contributed by atoms with van der Waals surface area (Å²) < 4.78 is 31.1. The summed E-state index contributed by atoms with van der Waals surface area (Å²) in [6.07, 6.45) is -1.07. The molecule has 0 unspecified atom stereocenters. The number of amides is 1. The molecule has 0 bridgehead atoms. The fourth-order valence-electron chi connectivity index (χ4n) is 1.78. The summed E-state index contributed by atoms with van der Waals surface area (Å²) in [6, 6.07) is 8.48. The Balaban J connectivity index is 2.08. The van der Waals surface area contributed by atoms with Gasteiger partial charge in [0.2, 0.25) is 0 Å². The number of hydrogen-bond donors (Lipinski definition) is 1. The second kappa shape index (κ2) is 6.82. The molecule has 0 aliphatic carbocycles. The summed E-state index contributed by atoms with van der Waals surface area (Å²) >= 11 is 0. The SMILES string of the molecule is C[C@H](Oc1ccc(F)c(F)c1)C(=O)Nc1ccccc1[N+](=O)[O-]. The van der Waals surface area contributed by atoms with E-state index in [-0.39, 0.29) is 17.1 Å². The van der Waals surface area contributed by atoms with Gasteiger partial charge in [-0.25, -0.2) is 8.78 Å². The predicted molar refractivity (Wildman–Crippen MR) is 78.2 cm³/mol. The largest absolute Gasteiger partial charge is 0.481 e. The summed E-state index contributed by atoms with van der Waals surface area (Å²) in [5.41, 5.74) is -0.246. The van der Waals surface area contributed by atoms with Gasteiger partial charge in [0.25, 0.3) is 11.6 Å². The Morgan fingerprint density at radius 3 is 2.57 bits per heavy atom. The lowest BCUT2D eigenvalue weighted by molar-refractivity contribution is -0.383. The van der Waals surface area contributed by atoms with Crippen LogP contribution < -0.4 is 10.1 Å². The zero-order valence-corrected chi connectivity index (χ0v) is 12.0. The minimum absolute atomic E-state index is 0.0169. The lowest BCUT2D eigenvalue weighted by Gasteiger charge is -2.14. The third-order valence-electron chi connectivity index (χ3n) is 2.93. The van der Waals surface area contributed by atoms with Crippen molar-refractivity contribution in [3.8, 4) is 5.75 Å². The molecule has 0 aromatic heterocycles. The van der Waals surface area contributed by atoms with Gasteiger partial charge in [-0.2, -0.15) is 0 Å². The molecule has 0 fully saturated rings. The second-order valence-corrected chi connectivity index (χ2v) is 4.60. The first kappa shape index (κ1) is 16.3. The molecule has 0 radical (unpaired) electrons. The van der Waals surface area contributed by atoms with E-state index in [1.54, 1.807) is 0 Å². The zero-order valence-electron chi connectivity index (χ0n) is 12.0. The Morgan fingerprint density at radius 2 is 1.91 bits per heavy atom. The molecule has 1 amide bonds. The van der Waals surface area contributed by atoms with E-state index in [2.05, 4.69) is 5.32 Å². The first-order chi connectivity index (χ1) is 10.9. The van der Waals surface area contributed by atoms with Crippen LogP contribution in [0, 0.1) is 21.7 Å². The zero-order chi connectivity index (χ0) is 17.0. The van der Waals surface area contributed by atoms with E-state index in [9.17, 15) is 23.7 Å². The van der Waals surface area contributed by atoms with E-state index < -0.39 is 28.6 Å². The van der Waals surface area contributed by atoms with Crippen LogP contribution in [0.3, 0.4) is 0 Å². The van der Waals surface area contributed by atoms with Crippen LogP contribution in [0.5, 0.6) is 5.75 Å². The smallest absolute Gasteiger partial charge is 0.292 e. The molecular formula is C15H12F2N2O4. The van der Waals surface area contributed by atoms with Gasteiger partial charge in [0, 0.05) is 12.1 Å². The van der Waals surface area contributed by atoms with E-state index in [0.717, 1.165) is 12.1 Å². The molecule has 2 rings (SSSR count). The molecular weight excluding hydrogens is 310 g/mol. The summed E-state index contributed by atoms with van der Waals surface area (Å²) in [5.74, 6) is -2.83. The highest BCUT2D eigenvalue weighted by Crippen LogP contribution is 2.24. The highest BCUT2D eigenvalue weighted by molar-refractivity contribution is 5.96. The molecule has 0 saturated heterocycles. The van der Waals surface area contributed by atoms with Crippen molar-refractivity contribution in [2.75, 3.05) is 5.32 Å². The highest BCUT2D eigenvalue weighted by atomic mass is 19.2. The van der Waals surface area contributed by atoms with Gasteiger partial charge in [-0.3, -0.25) is 14.9 Å². The Hall–Kier alpha value is -3.03. The van der Waals surface area contributed by atoms with E-state index in [4.69, 9.17) is 4.74 Å². The maximum absolute atomic E-state index is 13.1. The first-order valence-electron chi connectivity index (χ1n) is 6.54. The number of nitrogens with one attached hydrogen (secondary N) is 1. The van der Waals surface area contributed by atoms with E-state index in [0.29, 0.717) is 0 Å². The van der Waals surface area contributed by atoms with Gasteiger partial charge in [0.15, 0.2) is 17.7 Å². The molecule has 0 spiro atoms. The minimum Gasteiger partial charge on any atom is -0.481 e. The number of anilines is 1. The van der Waals surface area contributed by atoms with Crippen LogP contribution in [0.1, 0.15) is 6.92 Å². The number of para-hydroxylation sites is 2. The summed E-state index contributed by atoms with van der Waals surface area (Å²) in [4.78, 5) is 22.3. The molecule has 1 atom stereocenters. The van der Waals surface area contributed by atoms with Crippen LogP contribution in [0.25, 0.3) is 0 Å². The van der Waals surface area contributed by atoms with E-state index in [1.165, 1.54) is 37.3 Å². The van der Waals surface area contributed by atoms with Gasteiger partial charge >= 0.3 is 0 Å². The molecule has 2 aromatic carbocycles. The van der Waals surface area contributed by atoms with Gasteiger partial charge in [0.1, 0.15) is 11.4 Å². The predicted octanol–water partition coefficient (Wildman–Crippen LogP) is 3.28. The Morgan fingerprint density at radius 1 is 1.22 bits per heavy atom. The number of halogens is 2. The number of nitrogens with zero attached hydrogens (tertiary/aromatic N) is 1. The number of benzene rings is 2. The van der Waals surface area contributed by atoms with E-state index in [1.807, 2.05) is 0 Å². The molecule has 2 aromatic rings. The summed E-state index contributed by atoms with van der Waals surface area (Å²) in [7, 11) is 0. The van der Waals surface area contributed by atoms with Crippen LogP contribution in [0.4, 0.5) is 20.2 Å². The first-order valence-corrected chi connectivity index (χ1v) is 6.54. The molecule has 23 heavy (non-hydrogen) atoms. The van der Waals surface area contributed by atoms with Crippen LogP contribution in [-0.4, -0.2) is 16.9 Å². The monoisotopic (exact) mass is 322 g/mol. The lowest BCUT2D eigenvalue weighted by Crippen LogP contribution is -2.30. The second-order valence-electron chi connectivity index (χ2n) is 4.60. The van der Waals surface area contributed by atoms with Crippen molar-refractivity contribution in [3.63, 3.8) is 0 Å².